The highest BCUT2D eigenvalue weighted by atomic mass is 35.5. The molecule has 2 aromatic heterocycles. The SMILES string of the molecule is COC(=O)c1cc(C(=O)N[C@H]2CCc3c2ccc(C(=O)OC(C)(C)C)c3C)n2ncc(C(=O)Cc3ccccc3Cl)c2n1.NCc1ccccc1. The first kappa shape index (κ1) is 36.9. The average molecular weight is 710 g/mol. The van der Waals surface area contributed by atoms with E-state index in [2.05, 4.69) is 15.4 Å². The smallest absolute Gasteiger partial charge is 0.356 e. The van der Waals surface area contributed by atoms with Crippen LogP contribution in [0.15, 0.2) is 79.0 Å². The van der Waals surface area contributed by atoms with Crippen molar-refractivity contribution < 1.29 is 28.7 Å². The number of carbonyl (C=O) groups excluding carboxylic acids is 4. The van der Waals surface area contributed by atoms with Crippen LogP contribution >= 0.6 is 11.6 Å². The number of Topliss-reactive ketones (excluding diaryl/α,β-unsaturated/α-hetero) is 1. The number of benzene rings is 3. The molecule has 0 aliphatic heterocycles. The number of hydrogen-bond acceptors (Lipinski definition) is 9. The predicted molar refractivity (Wildman–Crippen MR) is 193 cm³/mol. The number of ether oxygens (including phenoxy) is 2. The van der Waals surface area contributed by atoms with Gasteiger partial charge in [0.05, 0.1) is 30.5 Å². The highest BCUT2D eigenvalue weighted by Gasteiger charge is 2.30. The molecular weight excluding hydrogens is 670 g/mol. The molecule has 264 valence electrons. The molecule has 12 heteroatoms. The molecule has 11 nitrogen and oxygen atoms in total. The summed E-state index contributed by atoms with van der Waals surface area (Å²) in [7, 11) is 1.21. The van der Waals surface area contributed by atoms with Gasteiger partial charge in [0.15, 0.2) is 17.1 Å². The summed E-state index contributed by atoms with van der Waals surface area (Å²) >= 11 is 6.25. The Kier molecular flexibility index (Phi) is 11.3. The molecule has 3 N–H and O–H groups in total. The molecule has 1 amide bonds. The highest BCUT2D eigenvalue weighted by molar-refractivity contribution is 6.31. The van der Waals surface area contributed by atoms with Crippen molar-refractivity contribution in [3.8, 4) is 0 Å². The molecule has 5 aromatic rings. The van der Waals surface area contributed by atoms with Crippen LogP contribution in [0, 0.1) is 6.92 Å². The van der Waals surface area contributed by atoms with Crippen molar-refractivity contribution in [2.24, 2.45) is 5.73 Å². The zero-order valence-corrected chi connectivity index (χ0v) is 29.9. The molecule has 6 rings (SSSR count). The lowest BCUT2D eigenvalue weighted by atomic mass is 9.97. The van der Waals surface area contributed by atoms with Gasteiger partial charge in [-0.2, -0.15) is 5.10 Å². The van der Waals surface area contributed by atoms with E-state index in [0.717, 1.165) is 16.7 Å². The topological polar surface area (TPSA) is 155 Å². The Morgan fingerprint density at radius 1 is 0.980 bits per heavy atom. The monoisotopic (exact) mass is 709 g/mol. The maximum absolute atomic E-state index is 13.7. The van der Waals surface area contributed by atoms with E-state index in [1.807, 2.05) is 64.1 Å². The molecule has 0 fully saturated rings. The first-order chi connectivity index (χ1) is 24.3. The maximum atomic E-state index is 13.7. The van der Waals surface area contributed by atoms with Crippen LogP contribution in [0.3, 0.4) is 0 Å². The lowest BCUT2D eigenvalue weighted by Crippen LogP contribution is -2.30. The van der Waals surface area contributed by atoms with Crippen LogP contribution in [-0.4, -0.2) is 50.9 Å². The van der Waals surface area contributed by atoms with E-state index >= 15 is 0 Å². The number of carbonyl (C=O) groups is 4. The molecular formula is C39H40ClN5O6. The number of ketones is 1. The minimum absolute atomic E-state index is 0.0118. The Hall–Kier alpha value is -5.39. The fourth-order valence-electron chi connectivity index (χ4n) is 5.87. The number of rotatable bonds is 8. The minimum atomic E-state index is -0.765. The molecule has 0 bridgehead atoms. The molecule has 51 heavy (non-hydrogen) atoms. The van der Waals surface area contributed by atoms with E-state index in [0.29, 0.717) is 35.5 Å². The van der Waals surface area contributed by atoms with Crippen LogP contribution in [0.2, 0.25) is 5.02 Å². The summed E-state index contributed by atoms with van der Waals surface area (Å²) in [6, 6.07) is 21.5. The number of nitrogens with zero attached hydrogens (tertiary/aromatic N) is 3. The van der Waals surface area contributed by atoms with Gasteiger partial charge in [0.25, 0.3) is 5.91 Å². The second kappa shape index (κ2) is 15.7. The highest BCUT2D eigenvalue weighted by Crippen LogP contribution is 2.35. The molecule has 1 aliphatic rings. The second-order valence-electron chi connectivity index (χ2n) is 13.1. The molecule has 2 heterocycles. The maximum Gasteiger partial charge on any atom is 0.356 e. The summed E-state index contributed by atoms with van der Waals surface area (Å²) in [6.07, 6.45) is 2.57. The lowest BCUT2D eigenvalue weighted by Gasteiger charge is -2.21. The molecule has 0 saturated heterocycles. The van der Waals surface area contributed by atoms with Crippen LogP contribution in [0.1, 0.15) is 103 Å². The van der Waals surface area contributed by atoms with Gasteiger partial charge >= 0.3 is 11.9 Å². The number of esters is 2. The first-order valence-electron chi connectivity index (χ1n) is 16.5. The van der Waals surface area contributed by atoms with E-state index in [9.17, 15) is 19.2 Å². The quantitative estimate of drug-likeness (QED) is 0.137. The molecule has 0 radical (unpaired) electrons. The van der Waals surface area contributed by atoms with Crippen molar-refractivity contribution in [2.75, 3.05) is 7.11 Å². The Labute approximate surface area is 301 Å². The van der Waals surface area contributed by atoms with Crippen molar-refractivity contribution >= 4 is 40.9 Å². The van der Waals surface area contributed by atoms with E-state index in [1.54, 1.807) is 30.3 Å². The number of nitrogens with one attached hydrogen (secondary N) is 1. The van der Waals surface area contributed by atoms with Gasteiger partial charge in [0.2, 0.25) is 0 Å². The standard InChI is InChI=1S/C32H31ClN4O6.C7H9N/c1-17-19-12-13-24(21(19)11-10-20(17)30(40)43-32(2,3)4)36-29(39)26-15-25(31(41)42-5)35-28-22(16-34-37(26)28)27(38)14-18-8-6-7-9-23(18)33;8-6-7-4-2-1-3-5-7/h6-11,15-16,24H,12-14H2,1-5H3,(H,36,39);1-5H,6,8H2/t24-;/m0./s1. The molecule has 0 saturated carbocycles. The summed E-state index contributed by atoms with van der Waals surface area (Å²) in [6.45, 7) is 7.97. The molecule has 1 atom stereocenters. The van der Waals surface area contributed by atoms with E-state index in [4.69, 9.17) is 26.8 Å². The summed E-state index contributed by atoms with van der Waals surface area (Å²) < 4.78 is 11.7. The third-order valence-electron chi connectivity index (χ3n) is 8.40. The van der Waals surface area contributed by atoms with E-state index in [1.165, 1.54) is 29.5 Å². The van der Waals surface area contributed by atoms with Gasteiger partial charge in [-0.1, -0.05) is 66.2 Å². The van der Waals surface area contributed by atoms with Gasteiger partial charge in [-0.15, -0.1) is 0 Å². The molecule has 0 unspecified atom stereocenters. The number of methoxy groups -OCH3 is 1. The van der Waals surface area contributed by atoms with Gasteiger partial charge in [-0.3, -0.25) is 9.59 Å². The predicted octanol–water partition coefficient (Wildman–Crippen LogP) is 6.42. The number of halogens is 1. The Morgan fingerprint density at radius 3 is 2.33 bits per heavy atom. The van der Waals surface area contributed by atoms with Crippen LogP contribution < -0.4 is 11.1 Å². The fourth-order valence-corrected chi connectivity index (χ4v) is 6.07. The van der Waals surface area contributed by atoms with Crippen molar-refractivity contribution in [3.63, 3.8) is 0 Å². The zero-order chi connectivity index (χ0) is 36.9. The first-order valence-corrected chi connectivity index (χ1v) is 16.8. The number of amides is 1. The van der Waals surface area contributed by atoms with Gasteiger partial charge in [-0.05, 0) is 80.5 Å². The average Bonchev–Trinajstić information content (AvgIpc) is 3.73. The zero-order valence-electron chi connectivity index (χ0n) is 29.2. The number of hydrogen-bond donors (Lipinski definition) is 2. The van der Waals surface area contributed by atoms with E-state index < -0.39 is 23.4 Å². The van der Waals surface area contributed by atoms with Crippen molar-refractivity contribution in [1.82, 2.24) is 19.9 Å². The minimum Gasteiger partial charge on any atom is -0.464 e. The van der Waals surface area contributed by atoms with Crippen LogP contribution in [-0.2, 0) is 28.9 Å². The van der Waals surface area contributed by atoms with Gasteiger partial charge < -0.3 is 20.5 Å². The summed E-state index contributed by atoms with van der Waals surface area (Å²) in [4.78, 5) is 56.5. The fraction of sp³-hybridized carbons (Fsp3) is 0.282. The van der Waals surface area contributed by atoms with Gasteiger partial charge in [0, 0.05) is 24.1 Å². The van der Waals surface area contributed by atoms with Crippen molar-refractivity contribution in [2.45, 2.75) is 65.1 Å². The molecule has 3 aromatic carbocycles. The third-order valence-corrected chi connectivity index (χ3v) is 8.77. The third kappa shape index (κ3) is 8.50. The van der Waals surface area contributed by atoms with Crippen LogP contribution in [0.4, 0.5) is 0 Å². The molecule has 0 spiro atoms. The van der Waals surface area contributed by atoms with Crippen molar-refractivity contribution in [3.05, 3.63) is 134 Å². The van der Waals surface area contributed by atoms with Crippen molar-refractivity contribution in [1.29, 1.82) is 0 Å². The normalized spacial score (nSPS) is 13.5. The number of nitrogens with two attached hydrogens (primary N) is 1. The van der Waals surface area contributed by atoms with Crippen LogP contribution in [0.25, 0.3) is 5.65 Å². The number of aromatic nitrogens is 3. The Balaban J connectivity index is 0.000000556. The van der Waals surface area contributed by atoms with Crippen LogP contribution in [0.5, 0.6) is 0 Å². The molecule has 1 aliphatic carbocycles. The second-order valence-corrected chi connectivity index (χ2v) is 13.5. The summed E-state index contributed by atoms with van der Waals surface area (Å²) in [5.41, 5.74) is 9.78. The van der Waals surface area contributed by atoms with Gasteiger partial charge in [-0.25, -0.2) is 19.1 Å². The van der Waals surface area contributed by atoms with E-state index in [-0.39, 0.29) is 40.8 Å². The summed E-state index contributed by atoms with van der Waals surface area (Å²) in [5.74, 6) is -2.01. The Morgan fingerprint density at radius 2 is 1.69 bits per heavy atom. The number of fused-ring (bicyclic) bond motifs is 2. The summed E-state index contributed by atoms with van der Waals surface area (Å²) in [5, 5.41) is 7.75. The Bertz CT molecular complexity index is 2100. The largest absolute Gasteiger partial charge is 0.464 e. The lowest BCUT2D eigenvalue weighted by molar-refractivity contribution is 0.00681. The van der Waals surface area contributed by atoms with Gasteiger partial charge in [0.1, 0.15) is 11.3 Å².